The molecule has 0 atom stereocenters. The van der Waals surface area contributed by atoms with Crippen molar-refractivity contribution in [2.75, 3.05) is 44.2 Å². The number of β-amino-alcohol motifs (C(OH)–C–C–N with tert-alkyl or cyclic N) is 1. The molecule has 0 amide bonds. The Labute approximate surface area is 137 Å². The molecule has 1 aliphatic heterocycles. The van der Waals surface area contributed by atoms with Crippen LogP contribution >= 0.6 is 0 Å². The first kappa shape index (κ1) is 15.9. The SMILES string of the molecule is OCCN1CCCN(c2ccnc(Cc3ccccc3)n2)CC1. The highest BCUT2D eigenvalue weighted by Gasteiger charge is 2.16. The molecule has 0 spiro atoms. The summed E-state index contributed by atoms with van der Waals surface area (Å²) in [5, 5.41) is 9.09. The molecule has 1 aromatic heterocycles. The standard InChI is InChI=1S/C18H24N4O/c23-14-13-21-9-4-10-22(12-11-21)18-7-8-19-17(20-18)15-16-5-2-1-3-6-16/h1-3,5-8,23H,4,9-15H2. The summed E-state index contributed by atoms with van der Waals surface area (Å²) in [7, 11) is 0. The summed E-state index contributed by atoms with van der Waals surface area (Å²) in [6, 6.07) is 12.3. The van der Waals surface area contributed by atoms with Crippen molar-refractivity contribution in [3.05, 3.63) is 54.0 Å². The number of anilines is 1. The fourth-order valence-corrected chi connectivity index (χ4v) is 2.99. The van der Waals surface area contributed by atoms with Gasteiger partial charge in [-0.3, -0.25) is 4.90 Å². The molecule has 3 rings (SSSR count). The van der Waals surface area contributed by atoms with Crippen molar-refractivity contribution in [3.63, 3.8) is 0 Å². The zero-order valence-corrected chi connectivity index (χ0v) is 13.4. The first-order valence-electron chi connectivity index (χ1n) is 8.29. The van der Waals surface area contributed by atoms with Gasteiger partial charge in [-0.2, -0.15) is 0 Å². The minimum atomic E-state index is 0.231. The number of rotatable bonds is 5. The van der Waals surface area contributed by atoms with Gasteiger partial charge in [0.1, 0.15) is 11.6 Å². The van der Waals surface area contributed by atoms with E-state index < -0.39 is 0 Å². The molecular weight excluding hydrogens is 288 g/mol. The van der Waals surface area contributed by atoms with Gasteiger partial charge < -0.3 is 10.0 Å². The van der Waals surface area contributed by atoms with Crippen molar-refractivity contribution >= 4 is 5.82 Å². The van der Waals surface area contributed by atoms with Crippen LogP contribution in [-0.4, -0.2) is 59.3 Å². The van der Waals surface area contributed by atoms with Crippen LogP contribution < -0.4 is 4.90 Å². The molecule has 0 radical (unpaired) electrons. The van der Waals surface area contributed by atoms with Gasteiger partial charge in [0.2, 0.25) is 0 Å². The maximum absolute atomic E-state index is 9.09. The van der Waals surface area contributed by atoms with Crippen molar-refractivity contribution in [2.45, 2.75) is 12.8 Å². The third kappa shape index (κ3) is 4.50. The molecule has 2 aromatic rings. The number of hydrogen-bond donors (Lipinski definition) is 1. The van der Waals surface area contributed by atoms with Crippen LogP contribution in [0.5, 0.6) is 0 Å². The summed E-state index contributed by atoms with van der Waals surface area (Å²) >= 11 is 0. The number of nitrogens with zero attached hydrogens (tertiary/aromatic N) is 4. The van der Waals surface area contributed by atoms with Crippen LogP contribution in [0.3, 0.4) is 0 Å². The molecule has 122 valence electrons. The van der Waals surface area contributed by atoms with Crippen LogP contribution in [0, 0.1) is 0 Å². The Bertz CT molecular complexity index is 605. The summed E-state index contributed by atoms with van der Waals surface area (Å²) in [6.07, 6.45) is 3.72. The molecule has 0 aliphatic carbocycles. The van der Waals surface area contributed by atoms with Gasteiger partial charge in [-0.05, 0) is 24.6 Å². The van der Waals surface area contributed by atoms with Crippen LogP contribution in [0.25, 0.3) is 0 Å². The molecule has 1 aromatic carbocycles. The van der Waals surface area contributed by atoms with Crippen LogP contribution in [0.4, 0.5) is 5.82 Å². The Hall–Kier alpha value is -1.98. The van der Waals surface area contributed by atoms with E-state index in [2.05, 4.69) is 26.9 Å². The summed E-state index contributed by atoms with van der Waals surface area (Å²) in [4.78, 5) is 13.8. The van der Waals surface area contributed by atoms with Gasteiger partial charge in [-0.25, -0.2) is 9.97 Å². The first-order chi connectivity index (χ1) is 11.3. The lowest BCUT2D eigenvalue weighted by atomic mass is 10.1. The summed E-state index contributed by atoms with van der Waals surface area (Å²) in [5.74, 6) is 1.88. The smallest absolute Gasteiger partial charge is 0.135 e. The summed E-state index contributed by atoms with van der Waals surface area (Å²) in [5.41, 5.74) is 1.23. The average molecular weight is 312 g/mol. The van der Waals surface area contributed by atoms with E-state index in [9.17, 15) is 0 Å². The van der Waals surface area contributed by atoms with Crippen molar-refractivity contribution in [2.24, 2.45) is 0 Å². The highest BCUT2D eigenvalue weighted by atomic mass is 16.3. The molecule has 0 saturated carbocycles. The lowest BCUT2D eigenvalue weighted by Crippen LogP contribution is -2.32. The Morgan fingerprint density at radius 2 is 1.87 bits per heavy atom. The zero-order chi connectivity index (χ0) is 15.9. The van der Waals surface area contributed by atoms with Crippen LogP contribution in [0.1, 0.15) is 17.8 Å². The second-order valence-corrected chi connectivity index (χ2v) is 5.90. The van der Waals surface area contributed by atoms with Gasteiger partial charge in [0.25, 0.3) is 0 Å². The molecular formula is C18H24N4O. The normalized spacial score (nSPS) is 16.3. The fraction of sp³-hybridized carbons (Fsp3) is 0.444. The van der Waals surface area contributed by atoms with E-state index in [0.717, 1.165) is 57.2 Å². The van der Waals surface area contributed by atoms with Crippen LogP contribution in [0.15, 0.2) is 42.6 Å². The van der Waals surface area contributed by atoms with E-state index in [4.69, 9.17) is 10.1 Å². The van der Waals surface area contributed by atoms with E-state index >= 15 is 0 Å². The van der Waals surface area contributed by atoms with Crippen LogP contribution in [0.2, 0.25) is 0 Å². The van der Waals surface area contributed by atoms with Crippen molar-refractivity contribution in [1.82, 2.24) is 14.9 Å². The monoisotopic (exact) mass is 312 g/mol. The fourth-order valence-electron chi connectivity index (χ4n) is 2.99. The number of benzene rings is 1. The predicted molar refractivity (Wildman–Crippen MR) is 91.6 cm³/mol. The van der Waals surface area contributed by atoms with E-state index in [0.29, 0.717) is 0 Å². The Morgan fingerprint density at radius 3 is 2.70 bits per heavy atom. The molecule has 2 heterocycles. The Kier molecular flexibility index (Phi) is 5.56. The maximum atomic E-state index is 9.09. The third-order valence-corrected chi connectivity index (χ3v) is 4.22. The minimum absolute atomic E-state index is 0.231. The van der Waals surface area contributed by atoms with Gasteiger partial charge in [-0.1, -0.05) is 30.3 Å². The van der Waals surface area contributed by atoms with Gasteiger partial charge in [0.05, 0.1) is 6.61 Å². The van der Waals surface area contributed by atoms with E-state index in [1.54, 1.807) is 0 Å². The van der Waals surface area contributed by atoms with Gasteiger partial charge >= 0.3 is 0 Å². The number of aromatic nitrogens is 2. The van der Waals surface area contributed by atoms with Crippen molar-refractivity contribution in [1.29, 1.82) is 0 Å². The quantitative estimate of drug-likeness (QED) is 0.908. The molecule has 5 heteroatoms. The molecule has 1 N–H and O–H groups in total. The summed E-state index contributed by atoms with van der Waals surface area (Å²) < 4.78 is 0. The van der Waals surface area contributed by atoms with E-state index in [1.807, 2.05) is 30.5 Å². The number of aliphatic hydroxyl groups excluding tert-OH is 1. The first-order valence-corrected chi connectivity index (χ1v) is 8.29. The number of hydrogen-bond acceptors (Lipinski definition) is 5. The lowest BCUT2D eigenvalue weighted by molar-refractivity contribution is 0.204. The number of aliphatic hydroxyl groups is 1. The topological polar surface area (TPSA) is 52.5 Å². The lowest BCUT2D eigenvalue weighted by Gasteiger charge is -2.22. The second-order valence-electron chi connectivity index (χ2n) is 5.90. The van der Waals surface area contributed by atoms with E-state index in [1.165, 1.54) is 5.56 Å². The van der Waals surface area contributed by atoms with Crippen molar-refractivity contribution < 1.29 is 5.11 Å². The molecule has 23 heavy (non-hydrogen) atoms. The zero-order valence-electron chi connectivity index (χ0n) is 13.4. The van der Waals surface area contributed by atoms with Crippen LogP contribution in [-0.2, 0) is 6.42 Å². The summed E-state index contributed by atoms with van der Waals surface area (Å²) in [6.45, 7) is 4.95. The Balaban J connectivity index is 1.67. The highest BCUT2D eigenvalue weighted by molar-refractivity contribution is 5.38. The Morgan fingerprint density at radius 1 is 1.00 bits per heavy atom. The molecule has 0 bridgehead atoms. The second kappa shape index (κ2) is 8.04. The maximum Gasteiger partial charge on any atom is 0.135 e. The largest absolute Gasteiger partial charge is 0.395 e. The minimum Gasteiger partial charge on any atom is -0.395 e. The molecule has 5 nitrogen and oxygen atoms in total. The van der Waals surface area contributed by atoms with E-state index in [-0.39, 0.29) is 6.61 Å². The molecule has 1 aliphatic rings. The molecule has 0 unspecified atom stereocenters. The highest BCUT2D eigenvalue weighted by Crippen LogP contribution is 2.15. The van der Waals surface area contributed by atoms with Gasteiger partial charge in [0.15, 0.2) is 0 Å². The third-order valence-electron chi connectivity index (χ3n) is 4.22. The molecule has 1 fully saturated rings. The van der Waals surface area contributed by atoms with Crippen molar-refractivity contribution in [3.8, 4) is 0 Å². The predicted octanol–water partition coefficient (Wildman–Crippen LogP) is 1.57. The van der Waals surface area contributed by atoms with Gasteiger partial charge in [0, 0.05) is 38.8 Å². The average Bonchev–Trinajstić information content (AvgIpc) is 2.82. The molecule has 1 saturated heterocycles. The van der Waals surface area contributed by atoms with Gasteiger partial charge in [-0.15, -0.1) is 0 Å².